The van der Waals surface area contributed by atoms with Gasteiger partial charge in [0.05, 0.1) is 0 Å². The van der Waals surface area contributed by atoms with E-state index < -0.39 is 6.10 Å². The minimum atomic E-state index is -0.769. The maximum atomic E-state index is 12.8. The van der Waals surface area contributed by atoms with Gasteiger partial charge < -0.3 is 14.2 Å². The first-order chi connectivity index (χ1) is 33.5. The lowest BCUT2D eigenvalue weighted by Gasteiger charge is -2.18. The van der Waals surface area contributed by atoms with Gasteiger partial charge in [0.25, 0.3) is 0 Å². The molecule has 6 nitrogen and oxygen atoms in total. The number of esters is 3. The molecule has 0 bridgehead atoms. The van der Waals surface area contributed by atoms with Crippen LogP contribution < -0.4 is 0 Å². The number of carbonyl (C=O) groups excluding carboxylic acids is 3. The summed E-state index contributed by atoms with van der Waals surface area (Å²) >= 11 is 0. The SMILES string of the molecule is CCCCC/C=C\C/C=C\CCCCCCCCCC(=O)OC(COC(=O)CCCCCCCCC)COC(=O)CCCCCCCCCCCCCCCCCCCCCCCCCCCC. The minimum absolute atomic E-state index is 0.0697. The maximum absolute atomic E-state index is 12.8. The minimum Gasteiger partial charge on any atom is -0.462 e. The standard InChI is InChI=1S/C62H116O6/c1-4-7-10-13-16-18-20-22-24-26-27-28-29-30-31-32-33-34-36-37-39-41-43-46-49-52-55-61(64)67-58-59(57-66-60(63)54-51-48-45-15-12-9-6-3)68-62(65)56-53-50-47-44-42-40-38-35-25-23-21-19-17-14-11-8-5-2/h17,19,23,25,59H,4-16,18,20-22,24,26-58H2,1-3H3/b19-17-,25-23-. The largest absolute Gasteiger partial charge is 0.462 e. The molecular weight excluding hydrogens is 841 g/mol. The quantitative estimate of drug-likeness (QED) is 0.0262. The highest BCUT2D eigenvalue weighted by molar-refractivity contribution is 5.71. The monoisotopic (exact) mass is 957 g/mol. The van der Waals surface area contributed by atoms with Gasteiger partial charge in [-0.05, 0) is 51.4 Å². The van der Waals surface area contributed by atoms with Gasteiger partial charge in [-0.3, -0.25) is 14.4 Å². The van der Waals surface area contributed by atoms with Gasteiger partial charge >= 0.3 is 17.9 Å². The van der Waals surface area contributed by atoms with E-state index in [1.165, 1.54) is 225 Å². The van der Waals surface area contributed by atoms with Crippen molar-refractivity contribution in [3.05, 3.63) is 24.3 Å². The van der Waals surface area contributed by atoms with Crippen LogP contribution in [0.3, 0.4) is 0 Å². The van der Waals surface area contributed by atoms with Gasteiger partial charge in [-0.2, -0.15) is 0 Å². The summed E-state index contributed by atoms with van der Waals surface area (Å²) in [5.74, 6) is -0.865. The summed E-state index contributed by atoms with van der Waals surface area (Å²) in [6, 6.07) is 0. The average molecular weight is 958 g/mol. The van der Waals surface area contributed by atoms with E-state index in [4.69, 9.17) is 14.2 Å². The molecule has 0 spiro atoms. The molecule has 0 saturated heterocycles. The highest BCUT2D eigenvalue weighted by atomic mass is 16.6. The molecule has 400 valence electrons. The van der Waals surface area contributed by atoms with Gasteiger partial charge in [0.1, 0.15) is 13.2 Å². The molecule has 0 aliphatic heterocycles. The van der Waals surface area contributed by atoms with E-state index >= 15 is 0 Å². The third-order valence-electron chi connectivity index (χ3n) is 13.7. The number of unbranched alkanes of at least 4 members (excludes halogenated alkanes) is 41. The molecule has 0 rings (SSSR count). The zero-order valence-electron chi connectivity index (χ0n) is 45.9. The third-order valence-corrected chi connectivity index (χ3v) is 13.7. The molecule has 68 heavy (non-hydrogen) atoms. The van der Waals surface area contributed by atoms with Gasteiger partial charge in [0.2, 0.25) is 0 Å². The first-order valence-corrected chi connectivity index (χ1v) is 30.3. The Balaban J connectivity index is 4.07. The lowest BCUT2D eigenvalue weighted by atomic mass is 10.0. The second-order valence-corrected chi connectivity index (χ2v) is 20.6. The molecule has 0 aromatic rings. The summed E-state index contributed by atoms with van der Waals surface area (Å²) in [6.45, 7) is 6.62. The molecule has 1 atom stereocenters. The lowest BCUT2D eigenvalue weighted by molar-refractivity contribution is -0.167. The second-order valence-electron chi connectivity index (χ2n) is 20.6. The Morgan fingerprint density at radius 2 is 0.529 bits per heavy atom. The topological polar surface area (TPSA) is 78.9 Å². The van der Waals surface area contributed by atoms with Crippen molar-refractivity contribution in [1.29, 1.82) is 0 Å². The van der Waals surface area contributed by atoms with Gasteiger partial charge in [0, 0.05) is 19.3 Å². The molecule has 0 N–H and O–H groups in total. The van der Waals surface area contributed by atoms with Gasteiger partial charge in [-0.15, -0.1) is 0 Å². The molecule has 0 fully saturated rings. The molecule has 0 amide bonds. The maximum Gasteiger partial charge on any atom is 0.306 e. The van der Waals surface area contributed by atoms with Crippen molar-refractivity contribution in [2.75, 3.05) is 13.2 Å². The summed E-state index contributed by atoms with van der Waals surface area (Å²) in [7, 11) is 0. The van der Waals surface area contributed by atoms with Crippen molar-refractivity contribution < 1.29 is 28.6 Å². The molecule has 6 heteroatoms. The molecule has 0 aliphatic carbocycles. The Bertz CT molecular complexity index is 1100. The number of rotatable bonds is 56. The number of carbonyl (C=O) groups is 3. The molecule has 0 aromatic heterocycles. The van der Waals surface area contributed by atoms with Crippen LogP contribution in [0, 0.1) is 0 Å². The average Bonchev–Trinajstić information content (AvgIpc) is 3.34. The molecular formula is C62H116O6. The fraction of sp³-hybridized carbons (Fsp3) is 0.887. The van der Waals surface area contributed by atoms with Crippen molar-refractivity contribution in [3.63, 3.8) is 0 Å². The number of allylic oxidation sites excluding steroid dienone is 4. The summed E-state index contributed by atoms with van der Waals surface area (Å²) in [5, 5.41) is 0. The van der Waals surface area contributed by atoms with Crippen LogP contribution in [0.25, 0.3) is 0 Å². The summed E-state index contributed by atoms with van der Waals surface area (Å²) in [4.78, 5) is 38.0. The van der Waals surface area contributed by atoms with E-state index in [2.05, 4.69) is 45.1 Å². The van der Waals surface area contributed by atoms with Crippen molar-refractivity contribution in [2.45, 2.75) is 341 Å². The van der Waals surface area contributed by atoms with Crippen molar-refractivity contribution in [2.24, 2.45) is 0 Å². The number of hydrogen-bond donors (Lipinski definition) is 0. The van der Waals surface area contributed by atoms with E-state index in [0.717, 1.165) is 70.6 Å². The molecule has 0 heterocycles. The molecule has 1 unspecified atom stereocenters. The highest BCUT2D eigenvalue weighted by Gasteiger charge is 2.19. The van der Waals surface area contributed by atoms with Crippen LogP contribution in [0.1, 0.15) is 335 Å². The summed E-state index contributed by atoms with van der Waals surface area (Å²) in [6.07, 6.45) is 67.8. The van der Waals surface area contributed by atoms with Crippen LogP contribution >= 0.6 is 0 Å². The Kier molecular flexibility index (Phi) is 55.7. The fourth-order valence-electron chi connectivity index (χ4n) is 9.12. The van der Waals surface area contributed by atoms with Crippen LogP contribution in [-0.4, -0.2) is 37.2 Å². The predicted octanol–water partition coefficient (Wildman–Crippen LogP) is 20.3. The van der Waals surface area contributed by atoms with E-state index in [-0.39, 0.29) is 31.1 Å². The summed E-state index contributed by atoms with van der Waals surface area (Å²) < 4.78 is 16.8. The van der Waals surface area contributed by atoms with Gasteiger partial charge in [-0.1, -0.05) is 289 Å². The Labute approximate surface area is 423 Å². The zero-order chi connectivity index (χ0) is 49.3. The van der Waals surface area contributed by atoms with Crippen LogP contribution in [0.4, 0.5) is 0 Å². The Morgan fingerprint density at radius 3 is 0.838 bits per heavy atom. The predicted molar refractivity (Wildman–Crippen MR) is 293 cm³/mol. The molecule has 0 saturated carbocycles. The third kappa shape index (κ3) is 54.8. The first kappa shape index (κ1) is 65.9. The van der Waals surface area contributed by atoms with Crippen LogP contribution in [0.2, 0.25) is 0 Å². The van der Waals surface area contributed by atoms with E-state index in [1.807, 2.05) is 0 Å². The normalized spacial score (nSPS) is 12.1. The Morgan fingerprint density at radius 1 is 0.294 bits per heavy atom. The first-order valence-electron chi connectivity index (χ1n) is 30.3. The second kappa shape index (κ2) is 57.5. The van der Waals surface area contributed by atoms with Crippen LogP contribution in [0.15, 0.2) is 24.3 Å². The van der Waals surface area contributed by atoms with Crippen molar-refractivity contribution >= 4 is 17.9 Å². The van der Waals surface area contributed by atoms with E-state index in [1.54, 1.807) is 0 Å². The van der Waals surface area contributed by atoms with Gasteiger partial charge in [-0.25, -0.2) is 0 Å². The number of ether oxygens (including phenoxy) is 3. The Hall–Kier alpha value is -2.11. The molecule has 0 aromatic carbocycles. The smallest absolute Gasteiger partial charge is 0.306 e. The summed E-state index contributed by atoms with van der Waals surface area (Å²) in [5.41, 5.74) is 0. The highest BCUT2D eigenvalue weighted by Crippen LogP contribution is 2.18. The fourth-order valence-corrected chi connectivity index (χ4v) is 9.12. The molecule has 0 radical (unpaired) electrons. The van der Waals surface area contributed by atoms with Crippen molar-refractivity contribution in [3.8, 4) is 0 Å². The van der Waals surface area contributed by atoms with Crippen molar-refractivity contribution in [1.82, 2.24) is 0 Å². The van der Waals surface area contributed by atoms with E-state index in [0.29, 0.717) is 19.3 Å². The number of hydrogen-bond acceptors (Lipinski definition) is 6. The molecule has 0 aliphatic rings. The lowest BCUT2D eigenvalue weighted by Crippen LogP contribution is -2.30. The van der Waals surface area contributed by atoms with Crippen LogP contribution in [-0.2, 0) is 28.6 Å². The van der Waals surface area contributed by atoms with E-state index in [9.17, 15) is 14.4 Å². The van der Waals surface area contributed by atoms with Crippen LogP contribution in [0.5, 0.6) is 0 Å². The van der Waals surface area contributed by atoms with Gasteiger partial charge in [0.15, 0.2) is 6.10 Å². The zero-order valence-corrected chi connectivity index (χ0v) is 45.9.